The Hall–Kier alpha value is -1.55. The summed E-state index contributed by atoms with van der Waals surface area (Å²) >= 11 is 0. The number of nitrogens with two attached hydrogens (primary N) is 1. The van der Waals surface area contributed by atoms with E-state index in [0.29, 0.717) is 0 Å². The predicted molar refractivity (Wildman–Crippen MR) is 83.0 cm³/mol. The third-order valence-corrected chi connectivity index (χ3v) is 3.55. The van der Waals surface area contributed by atoms with Crippen LogP contribution in [0.15, 0.2) is 24.3 Å². The molecule has 110 valence electrons. The zero-order valence-electron chi connectivity index (χ0n) is 12.9. The van der Waals surface area contributed by atoms with Crippen LogP contribution in [0.1, 0.15) is 33.3 Å². The Labute approximate surface area is 121 Å². The molecule has 1 fully saturated rings. The van der Waals surface area contributed by atoms with E-state index in [2.05, 4.69) is 26.0 Å². The Balaban J connectivity index is 2.18. The Kier molecular flexibility index (Phi) is 4.04. The Morgan fingerprint density at radius 1 is 1.30 bits per heavy atom. The molecule has 0 radical (unpaired) electrons. The number of nitrogens with zero attached hydrogens (tertiary/aromatic N) is 2. The number of carbonyl (C=O) groups excluding carboxylic acids is 1. The van der Waals surface area contributed by atoms with Gasteiger partial charge in [-0.05, 0) is 51.8 Å². The van der Waals surface area contributed by atoms with Crippen molar-refractivity contribution >= 4 is 11.7 Å². The number of urea groups is 1. The highest BCUT2D eigenvalue weighted by molar-refractivity contribution is 5.94. The van der Waals surface area contributed by atoms with E-state index >= 15 is 0 Å². The maximum absolute atomic E-state index is 12.4. The SMILES string of the molecule is CC(C)N1CCN(c2cccc(CC(C)(C)N)c2)C1=O. The lowest BCUT2D eigenvalue weighted by molar-refractivity contribution is 0.209. The molecule has 0 unspecified atom stereocenters. The number of carbonyl (C=O) groups is 1. The Morgan fingerprint density at radius 3 is 2.55 bits per heavy atom. The molecule has 1 aliphatic rings. The van der Waals surface area contributed by atoms with Crippen molar-refractivity contribution in [2.75, 3.05) is 18.0 Å². The molecule has 1 saturated heterocycles. The molecule has 0 bridgehead atoms. The molecule has 4 heteroatoms. The van der Waals surface area contributed by atoms with Crippen molar-refractivity contribution in [3.63, 3.8) is 0 Å². The first kappa shape index (κ1) is 14.9. The first-order chi connectivity index (χ1) is 9.28. The van der Waals surface area contributed by atoms with Crippen LogP contribution >= 0.6 is 0 Å². The average molecular weight is 275 g/mol. The van der Waals surface area contributed by atoms with E-state index in [1.807, 2.05) is 35.8 Å². The standard InChI is InChI=1S/C16H25N3O/c1-12(2)18-8-9-19(15(18)20)14-7-5-6-13(10-14)11-16(3,4)17/h5-7,10,12H,8-9,11,17H2,1-4H3. The quantitative estimate of drug-likeness (QED) is 0.918. The maximum atomic E-state index is 12.4. The highest BCUT2D eigenvalue weighted by Gasteiger charge is 2.31. The molecule has 20 heavy (non-hydrogen) atoms. The summed E-state index contributed by atoms with van der Waals surface area (Å²) in [7, 11) is 0. The van der Waals surface area contributed by atoms with Gasteiger partial charge in [-0.2, -0.15) is 0 Å². The van der Waals surface area contributed by atoms with Crippen molar-refractivity contribution < 1.29 is 4.79 Å². The van der Waals surface area contributed by atoms with Gasteiger partial charge in [0, 0.05) is 30.4 Å². The molecule has 1 heterocycles. The molecule has 1 aromatic rings. The molecule has 0 atom stereocenters. The van der Waals surface area contributed by atoms with Crippen molar-refractivity contribution in [3.8, 4) is 0 Å². The molecule has 0 aliphatic carbocycles. The van der Waals surface area contributed by atoms with Crippen molar-refractivity contribution in [1.82, 2.24) is 4.90 Å². The minimum Gasteiger partial charge on any atom is -0.325 e. The summed E-state index contributed by atoms with van der Waals surface area (Å²) in [5.74, 6) is 0. The summed E-state index contributed by atoms with van der Waals surface area (Å²) in [4.78, 5) is 16.1. The van der Waals surface area contributed by atoms with Gasteiger partial charge < -0.3 is 10.6 Å². The molecule has 2 amide bonds. The smallest absolute Gasteiger partial charge is 0.324 e. The Bertz CT molecular complexity index is 491. The highest BCUT2D eigenvalue weighted by atomic mass is 16.2. The van der Waals surface area contributed by atoms with Crippen LogP contribution in [0.2, 0.25) is 0 Å². The minimum absolute atomic E-state index is 0.101. The molecule has 2 N–H and O–H groups in total. The third-order valence-electron chi connectivity index (χ3n) is 3.55. The van der Waals surface area contributed by atoms with Crippen LogP contribution in [0.5, 0.6) is 0 Å². The topological polar surface area (TPSA) is 49.6 Å². The minimum atomic E-state index is -0.238. The van der Waals surface area contributed by atoms with Crippen LogP contribution in [0.25, 0.3) is 0 Å². The van der Waals surface area contributed by atoms with Gasteiger partial charge in [0.05, 0.1) is 0 Å². The fraction of sp³-hybridized carbons (Fsp3) is 0.562. The summed E-state index contributed by atoms with van der Waals surface area (Å²) in [5.41, 5.74) is 7.98. The summed E-state index contributed by atoms with van der Waals surface area (Å²) in [6, 6.07) is 8.49. The molecule has 0 spiro atoms. The normalized spacial score (nSPS) is 16.4. The van der Waals surface area contributed by atoms with E-state index < -0.39 is 0 Å². The van der Waals surface area contributed by atoms with Crippen LogP contribution in [0, 0.1) is 0 Å². The fourth-order valence-corrected chi connectivity index (χ4v) is 2.63. The van der Waals surface area contributed by atoms with E-state index in [0.717, 1.165) is 25.2 Å². The van der Waals surface area contributed by atoms with Gasteiger partial charge in [0.2, 0.25) is 0 Å². The monoisotopic (exact) mass is 275 g/mol. The summed E-state index contributed by atoms with van der Waals surface area (Å²) < 4.78 is 0. The average Bonchev–Trinajstić information content (AvgIpc) is 2.69. The van der Waals surface area contributed by atoms with Gasteiger partial charge in [0.1, 0.15) is 0 Å². The second-order valence-corrected chi connectivity index (χ2v) is 6.56. The van der Waals surface area contributed by atoms with Crippen LogP contribution in [0.3, 0.4) is 0 Å². The Morgan fingerprint density at radius 2 is 2.00 bits per heavy atom. The molecule has 1 aliphatic heterocycles. The van der Waals surface area contributed by atoms with Gasteiger partial charge in [-0.25, -0.2) is 4.79 Å². The maximum Gasteiger partial charge on any atom is 0.324 e. The number of rotatable bonds is 4. The van der Waals surface area contributed by atoms with Crippen LogP contribution in [0.4, 0.5) is 10.5 Å². The zero-order valence-corrected chi connectivity index (χ0v) is 12.9. The van der Waals surface area contributed by atoms with Crippen molar-refractivity contribution in [1.29, 1.82) is 0 Å². The lowest BCUT2D eigenvalue weighted by atomic mass is 9.96. The summed E-state index contributed by atoms with van der Waals surface area (Å²) in [6.45, 7) is 9.68. The molecule has 0 aromatic heterocycles. The molecule has 1 aromatic carbocycles. The first-order valence-corrected chi connectivity index (χ1v) is 7.24. The second kappa shape index (κ2) is 5.44. The first-order valence-electron chi connectivity index (χ1n) is 7.24. The van der Waals surface area contributed by atoms with Gasteiger partial charge in [0.15, 0.2) is 0 Å². The lowest BCUT2D eigenvalue weighted by Crippen LogP contribution is -2.36. The molecular formula is C16H25N3O. The number of hydrogen-bond acceptors (Lipinski definition) is 2. The van der Waals surface area contributed by atoms with Crippen molar-refractivity contribution in [2.45, 2.75) is 45.7 Å². The number of amides is 2. The molecule has 2 rings (SSSR count). The van der Waals surface area contributed by atoms with Gasteiger partial charge >= 0.3 is 6.03 Å². The second-order valence-electron chi connectivity index (χ2n) is 6.56. The molecular weight excluding hydrogens is 250 g/mol. The van der Waals surface area contributed by atoms with Gasteiger partial charge in [-0.3, -0.25) is 4.90 Å². The van der Waals surface area contributed by atoms with Crippen molar-refractivity contribution in [2.24, 2.45) is 5.73 Å². The largest absolute Gasteiger partial charge is 0.325 e. The third kappa shape index (κ3) is 3.31. The fourth-order valence-electron chi connectivity index (χ4n) is 2.63. The lowest BCUT2D eigenvalue weighted by Gasteiger charge is -2.23. The van der Waals surface area contributed by atoms with Crippen LogP contribution in [-0.4, -0.2) is 35.6 Å². The van der Waals surface area contributed by atoms with E-state index in [-0.39, 0.29) is 17.6 Å². The van der Waals surface area contributed by atoms with Gasteiger partial charge in [-0.15, -0.1) is 0 Å². The van der Waals surface area contributed by atoms with E-state index in [4.69, 9.17) is 5.73 Å². The zero-order chi connectivity index (χ0) is 14.9. The summed E-state index contributed by atoms with van der Waals surface area (Å²) in [6.07, 6.45) is 0.802. The molecule has 4 nitrogen and oxygen atoms in total. The highest BCUT2D eigenvalue weighted by Crippen LogP contribution is 2.24. The van der Waals surface area contributed by atoms with E-state index in [9.17, 15) is 4.79 Å². The number of benzene rings is 1. The van der Waals surface area contributed by atoms with Gasteiger partial charge in [0.25, 0.3) is 0 Å². The van der Waals surface area contributed by atoms with Crippen LogP contribution in [-0.2, 0) is 6.42 Å². The van der Waals surface area contributed by atoms with E-state index in [1.54, 1.807) is 0 Å². The number of anilines is 1. The molecule has 0 saturated carbocycles. The van der Waals surface area contributed by atoms with Gasteiger partial charge in [-0.1, -0.05) is 12.1 Å². The van der Waals surface area contributed by atoms with E-state index in [1.165, 1.54) is 5.56 Å². The number of hydrogen-bond donors (Lipinski definition) is 1. The predicted octanol–water partition coefficient (Wildman–Crippen LogP) is 2.62. The van der Waals surface area contributed by atoms with Crippen molar-refractivity contribution in [3.05, 3.63) is 29.8 Å². The summed E-state index contributed by atoms with van der Waals surface area (Å²) in [5, 5.41) is 0. The van der Waals surface area contributed by atoms with Crippen LogP contribution < -0.4 is 10.6 Å².